The van der Waals surface area contributed by atoms with Gasteiger partial charge in [-0.2, -0.15) is 0 Å². The van der Waals surface area contributed by atoms with Gasteiger partial charge in [0.1, 0.15) is 0 Å². The predicted molar refractivity (Wildman–Crippen MR) is 113 cm³/mol. The number of anilines is 2. The molecule has 0 saturated carbocycles. The second kappa shape index (κ2) is 10.0. The molecule has 0 aliphatic heterocycles. The number of nitrogens with zero attached hydrogens (tertiary/aromatic N) is 1. The van der Waals surface area contributed by atoms with Crippen molar-refractivity contribution in [3.63, 3.8) is 0 Å². The van der Waals surface area contributed by atoms with Gasteiger partial charge in [0.05, 0.1) is 23.2 Å². The van der Waals surface area contributed by atoms with Gasteiger partial charge in [-0.05, 0) is 36.8 Å². The van der Waals surface area contributed by atoms with Crippen LogP contribution in [-0.4, -0.2) is 53.8 Å². The maximum absolute atomic E-state index is 12.7. The molecule has 8 nitrogen and oxygen atoms in total. The van der Waals surface area contributed by atoms with Crippen molar-refractivity contribution in [1.29, 1.82) is 0 Å². The van der Waals surface area contributed by atoms with Crippen molar-refractivity contribution in [2.45, 2.75) is 6.42 Å². The summed E-state index contributed by atoms with van der Waals surface area (Å²) in [7, 11) is -0.444. The Bertz CT molecular complexity index is 976. The van der Waals surface area contributed by atoms with Gasteiger partial charge in [-0.1, -0.05) is 18.2 Å². The molecule has 0 radical (unpaired) electrons. The largest absolute Gasteiger partial charge is 0.385 e. The lowest BCUT2D eigenvalue weighted by atomic mass is 10.1. The first-order valence-corrected chi connectivity index (χ1v) is 10.8. The van der Waals surface area contributed by atoms with Crippen LogP contribution in [0.5, 0.6) is 0 Å². The summed E-state index contributed by atoms with van der Waals surface area (Å²) >= 11 is 0. The van der Waals surface area contributed by atoms with Crippen molar-refractivity contribution in [3.05, 3.63) is 59.7 Å². The van der Waals surface area contributed by atoms with E-state index in [0.29, 0.717) is 36.5 Å². The predicted octanol–water partition coefficient (Wildman–Crippen LogP) is 2.10. The maximum Gasteiger partial charge on any atom is 0.255 e. The number of nitrogens with one attached hydrogen (secondary N) is 2. The van der Waals surface area contributed by atoms with Crippen molar-refractivity contribution in [2.24, 2.45) is 0 Å². The average molecular weight is 420 g/mol. The minimum atomic E-state index is -3.45. The zero-order valence-corrected chi connectivity index (χ0v) is 17.5. The molecule has 2 aromatic rings. The first-order valence-electron chi connectivity index (χ1n) is 8.95. The monoisotopic (exact) mass is 419 g/mol. The molecule has 156 valence electrons. The van der Waals surface area contributed by atoms with E-state index in [1.54, 1.807) is 49.6 Å². The third kappa shape index (κ3) is 6.30. The molecule has 0 aliphatic rings. The van der Waals surface area contributed by atoms with E-state index >= 15 is 0 Å². The molecule has 2 rings (SSSR count). The Morgan fingerprint density at radius 2 is 1.79 bits per heavy atom. The van der Waals surface area contributed by atoms with Crippen molar-refractivity contribution in [3.8, 4) is 0 Å². The van der Waals surface area contributed by atoms with E-state index in [1.807, 2.05) is 0 Å². The molecule has 0 aromatic heterocycles. The van der Waals surface area contributed by atoms with E-state index < -0.39 is 15.9 Å². The van der Waals surface area contributed by atoms with Crippen LogP contribution in [0.3, 0.4) is 0 Å². The molecule has 2 amide bonds. The lowest BCUT2D eigenvalue weighted by Crippen LogP contribution is -2.27. The molecule has 0 aliphatic carbocycles. The Hall–Kier alpha value is -2.91. The number of carbonyl (C=O) groups excluding carboxylic acids is 2. The molecule has 2 N–H and O–H groups in total. The van der Waals surface area contributed by atoms with E-state index in [1.165, 1.54) is 13.1 Å². The molecule has 9 heteroatoms. The Morgan fingerprint density at radius 3 is 2.48 bits per heavy atom. The third-order valence-electron chi connectivity index (χ3n) is 4.20. The van der Waals surface area contributed by atoms with E-state index in [0.717, 1.165) is 10.6 Å². The quantitative estimate of drug-likeness (QED) is 0.606. The molecule has 0 bridgehead atoms. The lowest BCUT2D eigenvalue weighted by molar-refractivity contribution is 0.0949. The summed E-state index contributed by atoms with van der Waals surface area (Å²) in [5.74, 6) is -0.754. The van der Waals surface area contributed by atoms with Gasteiger partial charge in [0.15, 0.2) is 0 Å². The molecular formula is C20H25N3O5S. The summed E-state index contributed by atoms with van der Waals surface area (Å²) < 4.78 is 29.5. The SMILES string of the molecule is COCCCNC(=O)c1ccccc1NC(=O)c1cccc(N(C)S(C)(=O)=O)c1. The summed E-state index contributed by atoms with van der Waals surface area (Å²) in [6.07, 6.45) is 1.76. The maximum atomic E-state index is 12.7. The van der Waals surface area contributed by atoms with Crippen molar-refractivity contribution < 1.29 is 22.7 Å². The highest BCUT2D eigenvalue weighted by Crippen LogP contribution is 2.20. The smallest absolute Gasteiger partial charge is 0.255 e. The van der Waals surface area contributed by atoms with Gasteiger partial charge in [-0.25, -0.2) is 8.42 Å². The molecule has 0 atom stereocenters. The molecule has 0 fully saturated rings. The van der Waals surface area contributed by atoms with Crippen molar-refractivity contribution in [1.82, 2.24) is 5.32 Å². The van der Waals surface area contributed by atoms with Crippen LogP contribution in [0.15, 0.2) is 48.5 Å². The number of ether oxygens (including phenoxy) is 1. The minimum Gasteiger partial charge on any atom is -0.385 e. The fraction of sp³-hybridized carbons (Fsp3) is 0.300. The number of benzene rings is 2. The second-order valence-electron chi connectivity index (χ2n) is 6.38. The molecule has 29 heavy (non-hydrogen) atoms. The second-order valence-corrected chi connectivity index (χ2v) is 8.40. The number of rotatable bonds is 9. The van der Waals surface area contributed by atoms with E-state index in [4.69, 9.17) is 4.74 Å². The van der Waals surface area contributed by atoms with Gasteiger partial charge < -0.3 is 15.4 Å². The molecule has 2 aromatic carbocycles. The molecular weight excluding hydrogens is 394 g/mol. The Kier molecular flexibility index (Phi) is 7.74. The van der Waals surface area contributed by atoms with Crippen LogP contribution in [0.4, 0.5) is 11.4 Å². The van der Waals surface area contributed by atoms with Crippen molar-refractivity contribution >= 4 is 33.2 Å². The lowest BCUT2D eigenvalue weighted by Gasteiger charge is -2.17. The van der Waals surface area contributed by atoms with E-state index in [-0.39, 0.29) is 11.5 Å². The molecule has 0 heterocycles. The summed E-state index contributed by atoms with van der Waals surface area (Å²) in [5.41, 5.74) is 1.34. The van der Waals surface area contributed by atoms with Gasteiger partial charge in [0, 0.05) is 32.9 Å². The van der Waals surface area contributed by atoms with Crippen LogP contribution in [0.25, 0.3) is 0 Å². The van der Waals surface area contributed by atoms with Gasteiger partial charge in [-0.15, -0.1) is 0 Å². The normalized spacial score (nSPS) is 11.0. The Morgan fingerprint density at radius 1 is 1.07 bits per heavy atom. The summed E-state index contributed by atoms with van der Waals surface area (Å²) in [6, 6.07) is 12.9. The van der Waals surface area contributed by atoms with Crippen molar-refractivity contribution in [2.75, 3.05) is 43.2 Å². The fourth-order valence-electron chi connectivity index (χ4n) is 2.53. The van der Waals surface area contributed by atoms with Crippen LogP contribution in [0, 0.1) is 0 Å². The highest BCUT2D eigenvalue weighted by Gasteiger charge is 2.16. The minimum absolute atomic E-state index is 0.272. The highest BCUT2D eigenvalue weighted by atomic mass is 32.2. The number of para-hydroxylation sites is 1. The summed E-state index contributed by atoms with van der Waals surface area (Å²) in [4.78, 5) is 25.1. The number of sulfonamides is 1. The first-order chi connectivity index (χ1) is 13.7. The molecule has 0 saturated heterocycles. The number of methoxy groups -OCH3 is 1. The molecule has 0 unspecified atom stereocenters. The van der Waals surface area contributed by atoms with Gasteiger partial charge >= 0.3 is 0 Å². The van der Waals surface area contributed by atoms with Crippen LogP contribution < -0.4 is 14.9 Å². The first kappa shape index (κ1) is 22.4. The molecule has 0 spiro atoms. The average Bonchev–Trinajstić information content (AvgIpc) is 2.70. The van der Waals surface area contributed by atoms with Crippen LogP contribution in [0.2, 0.25) is 0 Å². The number of hydrogen-bond acceptors (Lipinski definition) is 5. The summed E-state index contributed by atoms with van der Waals surface area (Å²) in [6.45, 7) is 0.992. The Labute approximate surface area is 170 Å². The zero-order valence-electron chi connectivity index (χ0n) is 16.6. The van der Waals surface area contributed by atoms with E-state index in [2.05, 4.69) is 10.6 Å². The third-order valence-corrected chi connectivity index (χ3v) is 5.41. The van der Waals surface area contributed by atoms with Gasteiger partial charge in [0.25, 0.3) is 11.8 Å². The topological polar surface area (TPSA) is 105 Å². The zero-order chi connectivity index (χ0) is 21.4. The highest BCUT2D eigenvalue weighted by molar-refractivity contribution is 7.92. The summed E-state index contributed by atoms with van der Waals surface area (Å²) in [5, 5.41) is 5.51. The number of amides is 2. The number of hydrogen-bond donors (Lipinski definition) is 2. The van der Waals surface area contributed by atoms with Crippen LogP contribution >= 0.6 is 0 Å². The standard InChI is InChI=1S/C20H25N3O5S/c1-23(29(3,26)27)16-9-6-8-15(14-16)19(24)22-18-11-5-4-10-17(18)20(25)21-12-7-13-28-2/h4-6,8-11,14H,7,12-13H2,1-3H3,(H,21,25)(H,22,24). The fourth-order valence-corrected chi connectivity index (χ4v) is 3.03. The van der Waals surface area contributed by atoms with Gasteiger partial charge in [0.2, 0.25) is 10.0 Å². The van der Waals surface area contributed by atoms with Gasteiger partial charge in [-0.3, -0.25) is 13.9 Å². The Balaban J connectivity index is 2.17. The van der Waals surface area contributed by atoms with E-state index in [9.17, 15) is 18.0 Å². The number of carbonyl (C=O) groups is 2. The van der Waals surface area contributed by atoms with Crippen LogP contribution in [0.1, 0.15) is 27.1 Å². The van der Waals surface area contributed by atoms with Crippen LogP contribution in [-0.2, 0) is 14.8 Å².